The summed E-state index contributed by atoms with van der Waals surface area (Å²) >= 11 is 5.83. The Hall–Kier alpha value is -1.49. The van der Waals surface area contributed by atoms with Gasteiger partial charge in [0, 0.05) is 24.5 Å². The van der Waals surface area contributed by atoms with Crippen molar-refractivity contribution in [3.05, 3.63) is 70.8 Å². The highest BCUT2D eigenvalue weighted by Crippen LogP contribution is 2.35. The van der Waals surface area contributed by atoms with Crippen molar-refractivity contribution >= 4 is 11.6 Å². The largest absolute Gasteiger partial charge is 0.326 e. The van der Waals surface area contributed by atoms with Gasteiger partial charge >= 0.3 is 0 Å². The normalized spacial score (nSPS) is 23.1. The number of hydrogen-bond acceptors (Lipinski definition) is 2. The van der Waals surface area contributed by atoms with Crippen molar-refractivity contribution in [2.45, 2.75) is 38.8 Å². The van der Waals surface area contributed by atoms with Gasteiger partial charge in [-0.3, -0.25) is 0 Å². The monoisotopic (exact) mass is 366 g/mol. The lowest BCUT2D eigenvalue weighted by Crippen LogP contribution is -2.47. The molecule has 2 nitrogen and oxygen atoms in total. The third-order valence-corrected chi connectivity index (χ3v) is 4.75. The summed E-state index contributed by atoms with van der Waals surface area (Å²) in [6.45, 7) is 7.12. The fourth-order valence-electron chi connectivity index (χ4n) is 3.18. The third kappa shape index (κ3) is 5.00. The molecule has 0 saturated carbocycles. The summed E-state index contributed by atoms with van der Waals surface area (Å²) in [5, 5.41) is 3.57. The molecule has 1 heterocycles. The van der Waals surface area contributed by atoms with Crippen LogP contribution in [0.5, 0.6) is 0 Å². The van der Waals surface area contributed by atoms with E-state index in [1.165, 1.54) is 12.1 Å². The van der Waals surface area contributed by atoms with Gasteiger partial charge in [-0.2, -0.15) is 0 Å². The molecule has 1 fully saturated rings. The zero-order valence-electron chi connectivity index (χ0n) is 14.8. The Morgan fingerprint density at radius 1 is 1.04 bits per heavy atom. The molecule has 3 atom stereocenters. The predicted molar refractivity (Wildman–Crippen MR) is 99.8 cm³/mol. The lowest BCUT2D eigenvalue weighted by Gasteiger charge is -2.31. The van der Waals surface area contributed by atoms with Gasteiger partial charge in [-0.15, -0.1) is 0 Å². The molecule has 0 aliphatic carbocycles. The molecule has 0 amide bonds. The van der Waals surface area contributed by atoms with Crippen molar-refractivity contribution in [3.8, 4) is 0 Å². The summed E-state index contributed by atoms with van der Waals surface area (Å²) in [6.07, 6.45) is 0. The van der Waals surface area contributed by atoms with E-state index in [1.807, 2.05) is 0 Å². The van der Waals surface area contributed by atoms with Crippen LogP contribution in [0.2, 0.25) is 5.02 Å². The second-order valence-electron chi connectivity index (χ2n) is 7.37. The van der Waals surface area contributed by atoms with Crippen LogP contribution in [0.4, 0.5) is 8.78 Å². The third-order valence-electron chi connectivity index (χ3n) is 4.45. The molecular formula is C20H25ClF2N2. The molecule has 1 aliphatic heterocycles. The van der Waals surface area contributed by atoms with Gasteiger partial charge in [0.15, 0.2) is 0 Å². The zero-order valence-corrected chi connectivity index (χ0v) is 15.5. The van der Waals surface area contributed by atoms with Crippen LogP contribution >= 0.6 is 11.6 Å². The fraction of sp³-hybridized carbons (Fsp3) is 0.400. The Kier molecular flexibility index (Phi) is 6.55. The van der Waals surface area contributed by atoms with Crippen LogP contribution in [0.15, 0.2) is 48.5 Å². The van der Waals surface area contributed by atoms with Gasteiger partial charge in [0.2, 0.25) is 0 Å². The van der Waals surface area contributed by atoms with Gasteiger partial charge in [0.1, 0.15) is 11.6 Å². The van der Waals surface area contributed by atoms with E-state index in [4.69, 9.17) is 17.3 Å². The molecule has 0 radical (unpaired) electrons. The first-order valence-electron chi connectivity index (χ1n) is 8.35. The molecule has 2 aromatic rings. The Bertz CT molecular complexity index is 686. The molecule has 0 spiro atoms. The molecule has 25 heavy (non-hydrogen) atoms. The first-order valence-corrected chi connectivity index (χ1v) is 8.73. The minimum Gasteiger partial charge on any atom is -0.326 e. The molecule has 3 unspecified atom stereocenters. The number of benzene rings is 2. The van der Waals surface area contributed by atoms with Crippen LogP contribution < -0.4 is 11.1 Å². The Morgan fingerprint density at radius 3 is 2.16 bits per heavy atom. The van der Waals surface area contributed by atoms with E-state index in [1.54, 1.807) is 36.4 Å². The lowest BCUT2D eigenvalue weighted by atomic mass is 9.80. The van der Waals surface area contributed by atoms with Gasteiger partial charge in [-0.05, 0) is 29.2 Å². The highest BCUT2D eigenvalue weighted by atomic mass is 35.5. The highest BCUT2D eigenvalue weighted by Gasteiger charge is 2.41. The maximum atomic E-state index is 14.0. The average molecular weight is 367 g/mol. The van der Waals surface area contributed by atoms with Gasteiger partial charge in [-0.1, -0.05) is 62.7 Å². The van der Waals surface area contributed by atoms with Crippen LogP contribution in [0.25, 0.3) is 0 Å². The molecule has 0 bridgehead atoms. The van der Waals surface area contributed by atoms with Gasteiger partial charge in [-0.25, -0.2) is 8.78 Å². The molecule has 1 saturated heterocycles. The second kappa shape index (κ2) is 8.26. The Morgan fingerprint density at radius 2 is 1.68 bits per heavy atom. The van der Waals surface area contributed by atoms with Gasteiger partial charge < -0.3 is 11.1 Å². The number of halogens is 3. The molecule has 136 valence electrons. The van der Waals surface area contributed by atoms with Crippen molar-refractivity contribution in [1.29, 1.82) is 0 Å². The molecule has 3 N–H and O–H groups in total. The number of nitrogens with two attached hydrogens (primary N) is 1. The molecule has 2 aromatic carbocycles. The van der Waals surface area contributed by atoms with Crippen LogP contribution in [0.1, 0.15) is 32.3 Å². The number of nitrogens with one attached hydrogen (secondary N) is 1. The van der Waals surface area contributed by atoms with E-state index in [0.29, 0.717) is 12.1 Å². The van der Waals surface area contributed by atoms with Gasteiger partial charge in [0.25, 0.3) is 0 Å². The summed E-state index contributed by atoms with van der Waals surface area (Å²) in [7, 11) is 0. The maximum Gasteiger partial charge on any atom is 0.145 e. The van der Waals surface area contributed by atoms with Crippen LogP contribution in [0.3, 0.4) is 0 Å². The summed E-state index contributed by atoms with van der Waals surface area (Å²) in [4.78, 5) is 0. The quantitative estimate of drug-likeness (QED) is 0.765. The molecular weight excluding hydrogens is 342 g/mol. The van der Waals surface area contributed by atoms with Crippen molar-refractivity contribution < 1.29 is 8.78 Å². The number of rotatable bonds is 1. The maximum absolute atomic E-state index is 14.0. The van der Waals surface area contributed by atoms with E-state index in [2.05, 4.69) is 26.1 Å². The average Bonchev–Trinajstić information content (AvgIpc) is 2.93. The van der Waals surface area contributed by atoms with E-state index in [-0.39, 0.29) is 40.1 Å². The highest BCUT2D eigenvalue weighted by molar-refractivity contribution is 6.30. The van der Waals surface area contributed by atoms with E-state index in [9.17, 15) is 8.78 Å². The molecule has 3 rings (SSSR count). The Labute approximate surface area is 153 Å². The molecule has 0 aromatic heterocycles. The van der Waals surface area contributed by atoms with Crippen LogP contribution in [0, 0.1) is 17.0 Å². The summed E-state index contributed by atoms with van der Waals surface area (Å²) in [5.41, 5.74) is 6.97. The summed E-state index contributed by atoms with van der Waals surface area (Å²) in [5.74, 6) is -0.536. The zero-order chi connectivity index (χ0) is 18.6. The number of hydrogen-bond donors (Lipinski definition) is 2. The van der Waals surface area contributed by atoms with Crippen molar-refractivity contribution in [1.82, 2.24) is 5.32 Å². The van der Waals surface area contributed by atoms with Crippen molar-refractivity contribution in [2.24, 2.45) is 11.1 Å². The van der Waals surface area contributed by atoms with E-state index in [0.717, 1.165) is 0 Å². The smallest absolute Gasteiger partial charge is 0.145 e. The predicted octanol–water partition coefficient (Wildman–Crippen LogP) is 4.73. The lowest BCUT2D eigenvalue weighted by molar-refractivity contribution is 0.271. The minimum absolute atomic E-state index is 0.0204. The first-order chi connectivity index (χ1) is 11.7. The van der Waals surface area contributed by atoms with E-state index >= 15 is 0 Å². The standard InChI is InChI=1S/C14H20ClFN2.C6H5F/c1-14(2,3)13-12(17)9(7-18-13)8-5-4-6-10(15)11(8)16;7-6-4-2-1-3-5-6/h4-6,9,12-13,18H,7,17H2,1-3H3;1-5H. The van der Waals surface area contributed by atoms with E-state index < -0.39 is 0 Å². The molecule has 1 aliphatic rings. The fourth-order valence-corrected chi connectivity index (χ4v) is 3.36. The topological polar surface area (TPSA) is 38.0 Å². The van der Waals surface area contributed by atoms with Crippen molar-refractivity contribution in [3.63, 3.8) is 0 Å². The van der Waals surface area contributed by atoms with Gasteiger partial charge in [0.05, 0.1) is 5.02 Å². The van der Waals surface area contributed by atoms with Crippen LogP contribution in [-0.4, -0.2) is 18.6 Å². The second-order valence-corrected chi connectivity index (χ2v) is 7.78. The summed E-state index contributed by atoms with van der Waals surface area (Å²) < 4.78 is 25.9. The molecule has 5 heteroatoms. The minimum atomic E-state index is -0.337. The SMILES string of the molecule is CC(C)(C)C1NCC(c2cccc(Cl)c2F)C1N.Fc1ccccc1. The van der Waals surface area contributed by atoms with Crippen LogP contribution in [-0.2, 0) is 0 Å². The Balaban J connectivity index is 0.000000269. The summed E-state index contributed by atoms with van der Waals surface area (Å²) in [6, 6.07) is 13.1. The first kappa shape index (κ1) is 19.8. The van der Waals surface area contributed by atoms with Crippen molar-refractivity contribution in [2.75, 3.05) is 6.54 Å².